The Morgan fingerprint density at radius 2 is 1.83 bits per heavy atom. The number of amides is 2. The van der Waals surface area contributed by atoms with E-state index in [4.69, 9.17) is 0 Å². The molecule has 0 saturated carbocycles. The number of hydrogen-bond acceptors (Lipinski definition) is 5. The first-order valence-electron chi connectivity index (χ1n) is 9.70. The molecule has 1 fully saturated rings. The smallest absolute Gasteiger partial charge is 0.269 e. The molecule has 1 N–H and O–H groups in total. The van der Waals surface area contributed by atoms with Crippen molar-refractivity contribution in [2.45, 2.75) is 32.6 Å². The normalized spacial score (nSPS) is 14.5. The number of aromatic nitrogens is 1. The number of likely N-dealkylation sites (tertiary alicyclic amines) is 1. The summed E-state index contributed by atoms with van der Waals surface area (Å²) in [6, 6.07) is 9.31. The maximum absolute atomic E-state index is 12.7. The molecule has 152 valence electrons. The Labute approximate surface area is 169 Å². The fraction of sp³-hybridized carbons (Fsp3) is 0.381. The Morgan fingerprint density at radius 1 is 1.17 bits per heavy atom. The monoisotopic (exact) mass is 396 g/mol. The SMILES string of the molecule is CCNC(=O)c1ccc(C)nc1C1CCN(C(=O)c2ccc([N+](=O)[O-])cc2)CC1. The van der Waals surface area contributed by atoms with Crippen LogP contribution < -0.4 is 5.32 Å². The zero-order valence-corrected chi connectivity index (χ0v) is 16.6. The van der Waals surface area contributed by atoms with E-state index >= 15 is 0 Å². The van der Waals surface area contributed by atoms with Crippen LogP contribution in [0, 0.1) is 17.0 Å². The van der Waals surface area contributed by atoms with E-state index in [0.717, 1.165) is 11.4 Å². The lowest BCUT2D eigenvalue weighted by Gasteiger charge is -2.32. The zero-order chi connectivity index (χ0) is 21.0. The number of carbonyl (C=O) groups is 2. The third-order valence-corrected chi connectivity index (χ3v) is 5.14. The second-order valence-electron chi connectivity index (χ2n) is 7.12. The van der Waals surface area contributed by atoms with Crippen molar-refractivity contribution in [1.29, 1.82) is 0 Å². The summed E-state index contributed by atoms with van der Waals surface area (Å²) in [5.41, 5.74) is 2.64. The summed E-state index contributed by atoms with van der Waals surface area (Å²) in [6.45, 7) is 5.42. The highest BCUT2D eigenvalue weighted by Gasteiger charge is 2.28. The first-order chi connectivity index (χ1) is 13.9. The molecule has 2 aromatic rings. The van der Waals surface area contributed by atoms with Gasteiger partial charge in [-0.15, -0.1) is 0 Å². The van der Waals surface area contributed by atoms with Crippen LogP contribution in [0.5, 0.6) is 0 Å². The number of pyridine rings is 1. The van der Waals surface area contributed by atoms with Gasteiger partial charge in [0.25, 0.3) is 17.5 Å². The van der Waals surface area contributed by atoms with Crippen LogP contribution in [0.15, 0.2) is 36.4 Å². The fourth-order valence-corrected chi connectivity index (χ4v) is 3.60. The van der Waals surface area contributed by atoms with E-state index in [1.54, 1.807) is 4.90 Å². The van der Waals surface area contributed by atoms with Crippen LogP contribution in [0.3, 0.4) is 0 Å². The lowest BCUT2D eigenvalue weighted by atomic mass is 9.89. The molecule has 1 aliphatic heterocycles. The van der Waals surface area contributed by atoms with Crippen molar-refractivity contribution in [2.75, 3.05) is 19.6 Å². The van der Waals surface area contributed by atoms with Gasteiger partial charge in [0.15, 0.2) is 0 Å². The van der Waals surface area contributed by atoms with E-state index in [-0.39, 0.29) is 23.4 Å². The van der Waals surface area contributed by atoms with Gasteiger partial charge in [0.2, 0.25) is 0 Å². The van der Waals surface area contributed by atoms with Gasteiger partial charge in [-0.05, 0) is 51.0 Å². The van der Waals surface area contributed by atoms with Crippen LogP contribution in [0.1, 0.15) is 57.8 Å². The molecule has 8 heteroatoms. The van der Waals surface area contributed by atoms with E-state index in [2.05, 4.69) is 10.3 Å². The highest BCUT2D eigenvalue weighted by molar-refractivity contribution is 5.96. The van der Waals surface area contributed by atoms with Gasteiger partial charge < -0.3 is 10.2 Å². The predicted octanol–water partition coefficient (Wildman–Crippen LogP) is 3.07. The third-order valence-electron chi connectivity index (χ3n) is 5.14. The summed E-state index contributed by atoms with van der Waals surface area (Å²) in [4.78, 5) is 41.8. The fourth-order valence-electron chi connectivity index (χ4n) is 3.60. The van der Waals surface area contributed by atoms with Gasteiger partial charge >= 0.3 is 0 Å². The molecule has 0 spiro atoms. The van der Waals surface area contributed by atoms with Gasteiger partial charge in [0, 0.05) is 48.9 Å². The van der Waals surface area contributed by atoms with E-state index in [0.29, 0.717) is 43.6 Å². The van der Waals surface area contributed by atoms with Crippen molar-refractivity contribution < 1.29 is 14.5 Å². The Hall–Kier alpha value is -3.29. The second-order valence-corrected chi connectivity index (χ2v) is 7.12. The lowest BCUT2D eigenvalue weighted by Crippen LogP contribution is -2.38. The van der Waals surface area contributed by atoms with Crippen molar-refractivity contribution in [3.63, 3.8) is 0 Å². The first kappa shape index (κ1) is 20.4. The molecule has 0 unspecified atom stereocenters. The Balaban J connectivity index is 1.70. The van der Waals surface area contributed by atoms with Gasteiger partial charge in [-0.3, -0.25) is 24.7 Å². The third kappa shape index (κ3) is 4.59. The summed E-state index contributed by atoms with van der Waals surface area (Å²) < 4.78 is 0. The Morgan fingerprint density at radius 3 is 2.41 bits per heavy atom. The number of hydrogen-bond donors (Lipinski definition) is 1. The van der Waals surface area contributed by atoms with E-state index in [9.17, 15) is 19.7 Å². The molecule has 8 nitrogen and oxygen atoms in total. The van der Waals surface area contributed by atoms with Crippen LogP contribution in [-0.2, 0) is 0 Å². The highest BCUT2D eigenvalue weighted by Crippen LogP contribution is 2.30. The number of nitrogens with one attached hydrogen (secondary N) is 1. The minimum atomic E-state index is -0.485. The topological polar surface area (TPSA) is 105 Å². The molecule has 1 saturated heterocycles. The van der Waals surface area contributed by atoms with Crippen molar-refractivity contribution in [1.82, 2.24) is 15.2 Å². The zero-order valence-electron chi connectivity index (χ0n) is 16.6. The minimum absolute atomic E-state index is 0.0383. The van der Waals surface area contributed by atoms with Crippen LogP contribution >= 0.6 is 0 Å². The minimum Gasteiger partial charge on any atom is -0.352 e. The molecule has 2 heterocycles. The second kappa shape index (κ2) is 8.81. The standard InChI is InChI=1S/C21H24N4O4/c1-3-22-20(26)18-9-4-14(2)23-19(18)15-10-12-24(13-11-15)21(27)16-5-7-17(8-6-16)25(28)29/h4-9,15H,3,10-13H2,1-2H3,(H,22,26). The molecule has 0 atom stereocenters. The van der Waals surface area contributed by atoms with Gasteiger partial charge in [-0.25, -0.2) is 0 Å². The summed E-state index contributed by atoms with van der Waals surface area (Å²) in [7, 11) is 0. The van der Waals surface area contributed by atoms with Gasteiger partial charge in [-0.2, -0.15) is 0 Å². The summed E-state index contributed by atoms with van der Waals surface area (Å²) in [5, 5.41) is 13.6. The molecule has 0 bridgehead atoms. The molecule has 0 aliphatic carbocycles. The van der Waals surface area contributed by atoms with Crippen LogP contribution in [0.25, 0.3) is 0 Å². The van der Waals surface area contributed by atoms with Gasteiger partial charge in [-0.1, -0.05) is 0 Å². The molecule has 0 radical (unpaired) electrons. The lowest BCUT2D eigenvalue weighted by molar-refractivity contribution is -0.384. The maximum atomic E-state index is 12.7. The highest BCUT2D eigenvalue weighted by atomic mass is 16.6. The van der Waals surface area contributed by atoms with Crippen molar-refractivity contribution in [2.24, 2.45) is 0 Å². The maximum Gasteiger partial charge on any atom is 0.269 e. The number of nitrogens with zero attached hydrogens (tertiary/aromatic N) is 3. The molecule has 2 amide bonds. The number of non-ortho nitro benzene ring substituents is 1. The number of benzene rings is 1. The van der Waals surface area contributed by atoms with Gasteiger partial charge in [0.05, 0.1) is 16.2 Å². The van der Waals surface area contributed by atoms with Crippen LogP contribution in [0.4, 0.5) is 5.69 Å². The van der Waals surface area contributed by atoms with E-state index in [1.165, 1.54) is 24.3 Å². The van der Waals surface area contributed by atoms with E-state index < -0.39 is 4.92 Å². The summed E-state index contributed by atoms with van der Waals surface area (Å²) in [6.07, 6.45) is 1.42. The number of carbonyl (C=O) groups excluding carboxylic acids is 2. The number of rotatable bonds is 5. The van der Waals surface area contributed by atoms with Crippen molar-refractivity contribution in [3.05, 3.63) is 69.0 Å². The van der Waals surface area contributed by atoms with Crippen LogP contribution in [0.2, 0.25) is 0 Å². The molecule has 1 aliphatic rings. The molecule has 29 heavy (non-hydrogen) atoms. The molecular formula is C21H24N4O4. The largest absolute Gasteiger partial charge is 0.352 e. The quantitative estimate of drug-likeness (QED) is 0.618. The molecule has 1 aromatic heterocycles. The number of nitro benzene ring substituents is 1. The van der Waals surface area contributed by atoms with Crippen LogP contribution in [-0.4, -0.2) is 46.3 Å². The number of aryl methyl sites for hydroxylation is 1. The number of nitro groups is 1. The first-order valence-corrected chi connectivity index (χ1v) is 9.70. The molecule has 3 rings (SSSR count). The Kier molecular flexibility index (Phi) is 6.21. The van der Waals surface area contributed by atoms with Crippen molar-refractivity contribution in [3.8, 4) is 0 Å². The summed E-state index contributed by atoms with van der Waals surface area (Å²) >= 11 is 0. The molecule has 1 aromatic carbocycles. The number of piperidine rings is 1. The van der Waals surface area contributed by atoms with Gasteiger partial charge in [0.1, 0.15) is 0 Å². The van der Waals surface area contributed by atoms with Crippen molar-refractivity contribution >= 4 is 17.5 Å². The molecular weight excluding hydrogens is 372 g/mol. The van der Waals surface area contributed by atoms with E-state index in [1.807, 2.05) is 26.0 Å². The Bertz CT molecular complexity index is 919. The average Bonchev–Trinajstić information content (AvgIpc) is 2.73. The predicted molar refractivity (Wildman–Crippen MR) is 108 cm³/mol. The summed E-state index contributed by atoms with van der Waals surface area (Å²) in [5.74, 6) is -0.160. The average molecular weight is 396 g/mol.